The average Bonchev–Trinajstić information content (AvgIpc) is 2.76. The predicted octanol–water partition coefficient (Wildman–Crippen LogP) is 4.84. The fourth-order valence-corrected chi connectivity index (χ4v) is 3.36. The van der Waals surface area contributed by atoms with Crippen LogP contribution in [0, 0.1) is 19.7 Å². The Morgan fingerprint density at radius 2 is 2.14 bits per heavy atom. The second-order valence-electron chi connectivity index (χ2n) is 5.10. The Kier molecular flexibility index (Phi) is 5.73. The normalized spacial score (nSPS) is 12.6. The van der Waals surface area contributed by atoms with E-state index in [1.54, 1.807) is 29.5 Å². The highest BCUT2D eigenvalue weighted by Crippen LogP contribution is 2.28. The second-order valence-corrected chi connectivity index (χ2v) is 6.80. The van der Waals surface area contributed by atoms with E-state index in [9.17, 15) is 4.39 Å². The van der Waals surface area contributed by atoms with Crippen LogP contribution in [0.1, 0.15) is 40.5 Å². The van der Waals surface area contributed by atoms with Gasteiger partial charge in [-0.2, -0.15) is 0 Å². The molecule has 0 spiro atoms. The number of thiazole rings is 1. The summed E-state index contributed by atoms with van der Waals surface area (Å²) < 4.78 is 14.3. The van der Waals surface area contributed by atoms with Crippen molar-refractivity contribution in [3.63, 3.8) is 0 Å². The van der Waals surface area contributed by atoms with Crippen molar-refractivity contribution in [2.75, 3.05) is 6.54 Å². The summed E-state index contributed by atoms with van der Waals surface area (Å²) in [5, 5.41) is 4.59. The topological polar surface area (TPSA) is 24.9 Å². The number of aromatic nitrogens is 1. The summed E-state index contributed by atoms with van der Waals surface area (Å²) in [7, 11) is 0. The van der Waals surface area contributed by atoms with Crippen LogP contribution in [0.5, 0.6) is 0 Å². The Balaban J connectivity index is 2.27. The molecule has 1 aromatic carbocycles. The van der Waals surface area contributed by atoms with E-state index in [1.807, 2.05) is 6.92 Å². The van der Waals surface area contributed by atoms with Gasteiger partial charge in [0, 0.05) is 22.9 Å². The molecule has 0 saturated heterocycles. The van der Waals surface area contributed by atoms with E-state index in [2.05, 4.69) is 24.1 Å². The van der Waals surface area contributed by atoms with Crippen LogP contribution in [0.4, 0.5) is 4.39 Å². The molecule has 0 radical (unpaired) electrons. The lowest BCUT2D eigenvalue weighted by atomic mass is 10.0. The van der Waals surface area contributed by atoms with E-state index in [0.29, 0.717) is 12.0 Å². The lowest BCUT2D eigenvalue weighted by Crippen LogP contribution is -2.25. The van der Waals surface area contributed by atoms with Gasteiger partial charge in [0.15, 0.2) is 0 Å². The highest BCUT2D eigenvalue weighted by molar-refractivity contribution is 7.11. The van der Waals surface area contributed by atoms with Crippen LogP contribution < -0.4 is 5.32 Å². The van der Waals surface area contributed by atoms with Crippen LogP contribution in [-0.4, -0.2) is 11.5 Å². The molecule has 114 valence electrons. The summed E-state index contributed by atoms with van der Waals surface area (Å²) in [6, 6.07) is 5.06. The third kappa shape index (κ3) is 4.02. The highest BCUT2D eigenvalue weighted by atomic mass is 35.5. The molecule has 0 amide bonds. The number of nitrogens with zero attached hydrogens (tertiary/aromatic N) is 1. The standard InChI is InChI=1S/C16H20ClFN2S/c1-4-8-19-14(9-15-20-10(2)11(3)21-15)12-6-5-7-13(17)16(12)18/h5-7,14,19H,4,8-9H2,1-3H3. The molecule has 5 heteroatoms. The highest BCUT2D eigenvalue weighted by Gasteiger charge is 2.19. The molecule has 0 aliphatic carbocycles. The molecule has 1 unspecified atom stereocenters. The van der Waals surface area contributed by atoms with Crippen LogP contribution in [0.25, 0.3) is 0 Å². The van der Waals surface area contributed by atoms with Gasteiger partial charge in [0.1, 0.15) is 5.82 Å². The zero-order valence-corrected chi connectivity index (χ0v) is 14.1. The zero-order chi connectivity index (χ0) is 15.4. The maximum atomic E-state index is 14.3. The van der Waals surface area contributed by atoms with Crippen molar-refractivity contribution in [3.05, 3.63) is 50.2 Å². The minimum Gasteiger partial charge on any atom is -0.309 e. The van der Waals surface area contributed by atoms with Crippen LogP contribution in [-0.2, 0) is 6.42 Å². The van der Waals surface area contributed by atoms with Crippen molar-refractivity contribution in [3.8, 4) is 0 Å². The third-order valence-corrected chi connectivity index (χ3v) is 4.84. The van der Waals surface area contributed by atoms with Gasteiger partial charge in [-0.15, -0.1) is 11.3 Å². The van der Waals surface area contributed by atoms with Gasteiger partial charge in [-0.3, -0.25) is 0 Å². The number of hydrogen-bond acceptors (Lipinski definition) is 3. The SMILES string of the molecule is CCCNC(Cc1nc(C)c(C)s1)c1cccc(Cl)c1F. The number of halogens is 2. The monoisotopic (exact) mass is 326 g/mol. The van der Waals surface area contributed by atoms with E-state index in [4.69, 9.17) is 11.6 Å². The van der Waals surface area contributed by atoms with Gasteiger partial charge in [0.2, 0.25) is 0 Å². The van der Waals surface area contributed by atoms with Crippen LogP contribution in [0.3, 0.4) is 0 Å². The maximum absolute atomic E-state index is 14.3. The van der Waals surface area contributed by atoms with Crippen molar-refractivity contribution < 1.29 is 4.39 Å². The summed E-state index contributed by atoms with van der Waals surface area (Å²) in [6.07, 6.45) is 1.67. The van der Waals surface area contributed by atoms with Crippen molar-refractivity contribution in [2.24, 2.45) is 0 Å². The summed E-state index contributed by atoms with van der Waals surface area (Å²) >= 11 is 7.58. The smallest absolute Gasteiger partial charge is 0.146 e. The molecule has 1 N–H and O–H groups in total. The van der Waals surface area contributed by atoms with Crippen LogP contribution >= 0.6 is 22.9 Å². The lowest BCUT2D eigenvalue weighted by Gasteiger charge is -2.19. The molecule has 1 aromatic heterocycles. The van der Waals surface area contributed by atoms with E-state index < -0.39 is 0 Å². The summed E-state index contributed by atoms with van der Waals surface area (Å²) in [4.78, 5) is 5.77. The molecule has 1 heterocycles. The maximum Gasteiger partial charge on any atom is 0.146 e. The van der Waals surface area contributed by atoms with Gasteiger partial charge in [0.25, 0.3) is 0 Å². The Morgan fingerprint density at radius 1 is 1.38 bits per heavy atom. The van der Waals surface area contributed by atoms with Crippen LogP contribution in [0.15, 0.2) is 18.2 Å². The van der Waals surface area contributed by atoms with E-state index in [1.165, 1.54) is 4.88 Å². The number of aryl methyl sites for hydroxylation is 2. The van der Waals surface area contributed by atoms with Crippen molar-refractivity contribution in [2.45, 2.75) is 39.7 Å². The molecular weight excluding hydrogens is 307 g/mol. The van der Waals surface area contributed by atoms with Gasteiger partial charge >= 0.3 is 0 Å². The Labute approximate surface area is 134 Å². The number of benzene rings is 1. The largest absolute Gasteiger partial charge is 0.309 e. The molecule has 0 aliphatic heterocycles. The molecule has 2 aromatic rings. The first-order chi connectivity index (χ1) is 10.0. The van der Waals surface area contributed by atoms with Crippen molar-refractivity contribution >= 4 is 22.9 Å². The molecule has 0 aliphatic rings. The van der Waals surface area contributed by atoms with Gasteiger partial charge in [-0.25, -0.2) is 9.37 Å². The van der Waals surface area contributed by atoms with Gasteiger partial charge in [0.05, 0.1) is 15.7 Å². The summed E-state index contributed by atoms with van der Waals surface area (Å²) in [5.41, 5.74) is 1.66. The van der Waals surface area contributed by atoms with Gasteiger partial charge in [-0.1, -0.05) is 30.7 Å². The second kappa shape index (κ2) is 7.34. The minimum atomic E-state index is -0.335. The number of nitrogens with one attached hydrogen (secondary N) is 1. The Bertz CT molecular complexity index is 593. The van der Waals surface area contributed by atoms with Crippen molar-refractivity contribution in [1.82, 2.24) is 10.3 Å². The molecule has 1 atom stereocenters. The molecule has 2 rings (SSSR count). The van der Waals surface area contributed by atoms with Gasteiger partial charge in [-0.05, 0) is 32.9 Å². The summed E-state index contributed by atoms with van der Waals surface area (Å²) in [5.74, 6) is -0.335. The fraction of sp³-hybridized carbons (Fsp3) is 0.438. The summed E-state index contributed by atoms with van der Waals surface area (Å²) in [6.45, 7) is 6.99. The third-order valence-electron chi connectivity index (χ3n) is 3.45. The molecule has 0 bridgehead atoms. The lowest BCUT2D eigenvalue weighted by molar-refractivity contribution is 0.496. The predicted molar refractivity (Wildman–Crippen MR) is 87.7 cm³/mol. The number of hydrogen-bond donors (Lipinski definition) is 1. The quantitative estimate of drug-likeness (QED) is 0.822. The Morgan fingerprint density at radius 3 is 2.76 bits per heavy atom. The van der Waals surface area contributed by atoms with Crippen LogP contribution in [0.2, 0.25) is 5.02 Å². The van der Waals surface area contributed by atoms with E-state index in [-0.39, 0.29) is 16.9 Å². The molecule has 21 heavy (non-hydrogen) atoms. The number of rotatable bonds is 6. The molecule has 2 nitrogen and oxygen atoms in total. The first kappa shape index (κ1) is 16.4. The minimum absolute atomic E-state index is 0.103. The average molecular weight is 327 g/mol. The fourth-order valence-electron chi connectivity index (χ4n) is 2.20. The molecule has 0 fully saturated rings. The van der Waals surface area contributed by atoms with Crippen molar-refractivity contribution in [1.29, 1.82) is 0 Å². The molecule has 0 saturated carbocycles. The molecular formula is C16H20ClFN2S. The first-order valence-electron chi connectivity index (χ1n) is 7.13. The Hall–Kier alpha value is -0.970. The van der Waals surface area contributed by atoms with Gasteiger partial charge < -0.3 is 5.32 Å². The first-order valence-corrected chi connectivity index (χ1v) is 8.32. The van der Waals surface area contributed by atoms with E-state index >= 15 is 0 Å². The zero-order valence-electron chi connectivity index (χ0n) is 12.5. The van der Waals surface area contributed by atoms with E-state index in [0.717, 1.165) is 23.7 Å².